The monoisotopic (exact) mass is 347 g/mol. The first-order chi connectivity index (χ1) is 10.9. The molecule has 0 saturated carbocycles. The van der Waals surface area contributed by atoms with Gasteiger partial charge in [0.25, 0.3) is 5.56 Å². The molecule has 0 radical (unpaired) electrons. The van der Waals surface area contributed by atoms with Crippen LogP contribution < -0.4 is 10.9 Å². The SMILES string of the molecule is CO[C@@H]1[C@H](O)[C@@H](CO)O[C@H]1n1cc(NCC(=O)O)c(=O)[nH]c1=S. The summed E-state index contributed by atoms with van der Waals surface area (Å²) in [6, 6.07) is 0. The van der Waals surface area contributed by atoms with Gasteiger partial charge in [0.1, 0.15) is 30.5 Å². The van der Waals surface area contributed by atoms with E-state index in [1.54, 1.807) is 0 Å². The number of rotatable bonds is 6. The first-order valence-electron chi connectivity index (χ1n) is 6.67. The van der Waals surface area contributed by atoms with Crippen molar-refractivity contribution in [2.24, 2.45) is 0 Å². The highest BCUT2D eigenvalue weighted by Gasteiger charge is 2.44. The number of ether oxygens (including phenoxy) is 2. The van der Waals surface area contributed by atoms with Crippen LogP contribution in [0.1, 0.15) is 6.23 Å². The fourth-order valence-electron chi connectivity index (χ4n) is 2.32. The van der Waals surface area contributed by atoms with E-state index in [9.17, 15) is 19.8 Å². The third-order valence-electron chi connectivity index (χ3n) is 3.44. The number of hydrogen-bond acceptors (Lipinski definition) is 8. The van der Waals surface area contributed by atoms with Crippen LogP contribution in [0.2, 0.25) is 0 Å². The van der Waals surface area contributed by atoms with E-state index >= 15 is 0 Å². The molecule has 1 aliphatic heterocycles. The fourth-order valence-corrected chi connectivity index (χ4v) is 2.57. The van der Waals surface area contributed by atoms with Crippen LogP contribution in [0.4, 0.5) is 5.69 Å². The molecule has 1 fully saturated rings. The third-order valence-corrected chi connectivity index (χ3v) is 3.75. The summed E-state index contributed by atoms with van der Waals surface area (Å²) in [5, 5.41) is 30.4. The topological polar surface area (TPSA) is 146 Å². The van der Waals surface area contributed by atoms with Gasteiger partial charge in [-0.05, 0) is 12.2 Å². The first kappa shape index (κ1) is 17.6. The predicted molar refractivity (Wildman–Crippen MR) is 79.8 cm³/mol. The van der Waals surface area contributed by atoms with Crippen LogP contribution in [0.25, 0.3) is 0 Å². The number of aromatic amines is 1. The summed E-state index contributed by atoms with van der Waals surface area (Å²) in [6.45, 7) is -0.876. The van der Waals surface area contributed by atoms with Gasteiger partial charge in [-0.3, -0.25) is 19.1 Å². The van der Waals surface area contributed by atoms with E-state index in [2.05, 4.69) is 10.3 Å². The van der Waals surface area contributed by atoms with Gasteiger partial charge in [-0.25, -0.2) is 0 Å². The number of carbonyl (C=O) groups is 1. The molecule has 1 saturated heterocycles. The van der Waals surface area contributed by atoms with Crippen molar-refractivity contribution >= 4 is 23.9 Å². The summed E-state index contributed by atoms with van der Waals surface area (Å²) in [6.07, 6.45) is -2.37. The smallest absolute Gasteiger partial charge is 0.322 e. The van der Waals surface area contributed by atoms with Crippen LogP contribution in [0.5, 0.6) is 0 Å². The van der Waals surface area contributed by atoms with E-state index in [1.165, 1.54) is 17.9 Å². The summed E-state index contributed by atoms with van der Waals surface area (Å²) in [5.74, 6) is -1.14. The molecular weight excluding hydrogens is 330 g/mol. The minimum Gasteiger partial charge on any atom is -0.480 e. The molecule has 0 unspecified atom stereocenters. The Morgan fingerprint density at radius 2 is 2.30 bits per heavy atom. The Kier molecular flexibility index (Phi) is 5.49. The van der Waals surface area contributed by atoms with Gasteiger partial charge in [0.15, 0.2) is 11.0 Å². The normalized spacial score (nSPS) is 27.1. The van der Waals surface area contributed by atoms with E-state index in [4.69, 9.17) is 26.8 Å². The third kappa shape index (κ3) is 3.59. The molecular formula is C12H17N3O7S. The maximum atomic E-state index is 11.8. The molecule has 2 heterocycles. The highest BCUT2D eigenvalue weighted by molar-refractivity contribution is 7.71. The number of nitrogens with zero attached hydrogens (tertiary/aromatic N) is 1. The molecule has 0 amide bonds. The van der Waals surface area contributed by atoms with Crippen LogP contribution in [-0.2, 0) is 14.3 Å². The van der Waals surface area contributed by atoms with Crippen LogP contribution in [0.3, 0.4) is 0 Å². The summed E-state index contributed by atoms with van der Waals surface area (Å²) >= 11 is 5.07. The summed E-state index contributed by atoms with van der Waals surface area (Å²) in [4.78, 5) is 24.8. The van der Waals surface area contributed by atoms with Gasteiger partial charge in [0, 0.05) is 13.3 Å². The lowest BCUT2D eigenvalue weighted by atomic mass is 10.1. The Morgan fingerprint density at radius 1 is 1.61 bits per heavy atom. The van der Waals surface area contributed by atoms with Crippen molar-refractivity contribution in [1.82, 2.24) is 9.55 Å². The molecule has 1 aliphatic rings. The van der Waals surface area contributed by atoms with Gasteiger partial charge < -0.3 is 30.1 Å². The first-order valence-corrected chi connectivity index (χ1v) is 7.08. The number of anilines is 1. The van der Waals surface area contributed by atoms with Gasteiger partial charge in [-0.1, -0.05) is 0 Å². The van der Waals surface area contributed by atoms with E-state index in [0.717, 1.165) is 0 Å². The van der Waals surface area contributed by atoms with Crippen molar-refractivity contribution in [3.05, 3.63) is 21.3 Å². The second-order valence-electron chi connectivity index (χ2n) is 4.90. The minimum absolute atomic E-state index is 0.00807. The van der Waals surface area contributed by atoms with Crippen LogP contribution in [0.15, 0.2) is 11.0 Å². The second kappa shape index (κ2) is 7.19. The number of aliphatic hydroxyl groups is 2. The largest absolute Gasteiger partial charge is 0.480 e. The highest BCUT2D eigenvalue weighted by Crippen LogP contribution is 2.31. The summed E-state index contributed by atoms with van der Waals surface area (Å²) < 4.78 is 12.0. The Hall–Kier alpha value is -1.79. The number of carboxylic acids is 1. The van der Waals surface area contributed by atoms with Crippen molar-refractivity contribution in [2.45, 2.75) is 24.5 Å². The van der Waals surface area contributed by atoms with Gasteiger partial charge in [0.2, 0.25) is 0 Å². The average molecular weight is 347 g/mol. The Morgan fingerprint density at radius 3 is 2.87 bits per heavy atom. The number of carboxylic acid groups (broad SMARTS) is 1. The number of aromatic nitrogens is 2. The van der Waals surface area contributed by atoms with Gasteiger partial charge in [0.05, 0.1) is 6.61 Å². The van der Waals surface area contributed by atoms with Gasteiger partial charge >= 0.3 is 5.97 Å². The molecule has 0 aliphatic carbocycles. The molecule has 1 aromatic rings. The molecule has 5 N–H and O–H groups in total. The van der Waals surface area contributed by atoms with E-state index in [0.29, 0.717) is 0 Å². The van der Waals surface area contributed by atoms with Crippen molar-refractivity contribution in [3.8, 4) is 0 Å². The predicted octanol–water partition coefficient (Wildman–Crippen LogP) is -1.33. The summed E-state index contributed by atoms with van der Waals surface area (Å²) in [5.41, 5.74) is -0.611. The second-order valence-corrected chi connectivity index (χ2v) is 5.28. The van der Waals surface area contributed by atoms with Gasteiger partial charge in [-0.15, -0.1) is 0 Å². The maximum absolute atomic E-state index is 11.8. The number of H-pyrrole nitrogens is 1. The van der Waals surface area contributed by atoms with Crippen LogP contribution in [0, 0.1) is 4.77 Å². The Balaban J connectivity index is 2.38. The van der Waals surface area contributed by atoms with Crippen LogP contribution >= 0.6 is 12.2 Å². The molecule has 4 atom stereocenters. The number of hydrogen-bond donors (Lipinski definition) is 5. The number of aliphatic carboxylic acids is 1. The number of aliphatic hydroxyl groups excluding tert-OH is 2. The zero-order valence-electron chi connectivity index (χ0n) is 12.1. The molecule has 2 rings (SSSR count). The molecule has 0 bridgehead atoms. The Labute approximate surface area is 135 Å². The standard InChI is InChI=1S/C12H17N3O7S/c1-21-9-8(19)6(4-16)22-11(9)15-3-5(13-2-7(17)18)10(20)14-12(15)23/h3,6,8-9,11,13,16,19H,2,4H2,1H3,(H,17,18)(H,14,20,23)/t6-,8-,9-,11-/m1/s1. The molecule has 128 valence electrons. The minimum atomic E-state index is -1.14. The lowest BCUT2D eigenvalue weighted by molar-refractivity contribution is -0.134. The van der Waals surface area contributed by atoms with Gasteiger partial charge in [-0.2, -0.15) is 0 Å². The summed E-state index contributed by atoms with van der Waals surface area (Å²) in [7, 11) is 1.36. The van der Waals surface area contributed by atoms with E-state index in [1.807, 2.05) is 0 Å². The molecule has 11 heteroatoms. The lowest BCUT2D eigenvalue weighted by Crippen LogP contribution is -2.35. The zero-order valence-corrected chi connectivity index (χ0v) is 12.9. The van der Waals surface area contributed by atoms with Crippen molar-refractivity contribution in [2.75, 3.05) is 25.6 Å². The fraction of sp³-hybridized carbons (Fsp3) is 0.583. The molecule has 0 aromatic carbocycles. The zero-order chi connectivity index (χ0) is 17.1. The van der Waals surface area contributed by atoms with Crippen molar-refractivity contribution in [1.29, 1.82) is 0 Å². The lowest BCUT2D eigenvalue weighted by Gasteiger charge is -2.21. The van der Waals surface area contributed by atoms with Crippen molar-refractivity contribution < 1.29 is 29.6 Å². The molecule has 0 spiro atoms. The van der Waals surface area contributed by atoms with Crippen molar-refractivity contribution in [3.63, 3.8) is 0 Å². The Bertz CT molecular complexity index is 688. The quantitative estimate of drug-likeness (QED) is 0.395. The molecule has 10 nitrogen and oxygen atoms in total. The number of methoxy groups -OCH3 is 1. The average Bonchev–Trinajstić information content (AvgIpc) is 2.82. The molecule has 23 heavy (non-hydrogen) atoms. The number of nitrogens with one attached hydrogen (secondary N) is 2. The highest BCUT2D eigenvalue weighted by atomic mass is 32.1. The maximum Gasteiger partial charge on any atom is 0.322 e. The van der Waals surface area contributed by atoms with Crippen LogP contribution in [-0.4, -0.2) is 69.4 Å². The molecule has 1 aromatic heterocycles. The van der Waals surface area contributed by atoms with E-state index in [-0.39, 0.29) is 10.5 Å². The van der Waals surface area contributed by atoms with E-state index < -0.39 is 49.2 Å².